The molecular weight excluding hydrogens is 386 g/mol. The van der Waals surface area contributed by atoms with E-state index in [-0.39, 0.29) is 17.4 Å². The summed E-state index contributed by atoms with van der Waals surface area (Å²) >= 11 is 0. The van der Waals surface area contributed by atoms with Gasteiger partial charge in [-0.2, -0.15) is 0 Å². The van der Waals surface area contributed by atoms with Crippen LogP contribution in [0.25, 0.3) is 11.0 Å². The van der Waals surface area contributed by atoms with Crippen molar-refractivity contribution < 1.29 is 18.7 Å². The first-order chi connectivity index (χ1) is 14.7. The fourth-order valence-corrected chi connectivity index (χ4v) is 4.49. The van der Waals surface area contributed by atoms with Gasteiger partial charge in [0.25, 0.3) is 5.91 Å². The van der Waals surface area contributed by atoms with Crippen molar-refractivity contribution in [3.8, 4) is 0 Å². The quantitative estimate of drug-likeness (QED) is 0.817. The highest BCUT2D eigenvalue weighted by molar-refractivity contribution is 5.99. The fourth-order valence-electron chi connectivity index (χ4n) is 4.49. The van der Waals surface area contributed by atoms with Crippen LogP contribution in [0.3, 0.4) is 0 Å². The lowest BCUT2D eigenvalue weighted by Gasteiger charge is -2.28. The summed E-state index contributed by atoms with van der Waals surface area (Å²) in [6.45, 7) is 5.76. The molecule has 1 N–H and O–H groups in total. The molecule has 5 rings (SSSR count). The van der Waals surface area contributed by atoms with Crippen molar-refractivity contribution in [2.24, 2.45) is 0 Å². The average Bonchev–Trinajstić information content (AvgIpc) is 3.34. The first-order valence-electron chi connectivity index (χ1n) is 10.8. The Kier molecular flexibility index (Phi) is 5.45. The number of nitrogens with zero attached hydrogens (tertiary/aromatic N) is 2. The molecule has 3 saturated heterocycles. The van der Waals surface area contributed by atoms with Gasteiger partial charge in [0.1, 0.15) is 5.58 Å². The summed E-state index contributed by atoms with van der Waals surface area (Å²) in [5.74, 6) is 0.512. The Balaban J connectivity index is 1.60. The molecule has 0 saturated carbocycles. The number of amides is 1. The minimum Gasteiger partial charge on any atom is -0.440 e. The fraction of sp³-hybridized carbons (Fsp3) is 0.545. The van der Waals surface area contributed by atoms with Crippen LogP contribution in [0.2, 0.25) is 0 Å². The largest absolute Gasteiger partial charge is 0.440 e. The Hall–Kier alpha value is -2.42. The van der Waals surface area contributed by atoms with Crippen LogP contribution in [0.5, 0.6) is 0 Å². The minimum atomic E-state index is -0.117. The number of ether oxygens (including phenoxy) is 2. The normalized spacial score (nSPS) is 22.6. The molecule has 8 heteroatoms. The monoisotopic (exact) mass is 413 g/mol. The summed E-state index contributed by atoms with van der Waals surface area (Å²) in [6, 6.07) is 5.23. The SMILES string of the molecule is O=C(c1cc([C@@H]2CCCN2)c2oc(N3CCOCC3)cc(=O)c2c1)N1CCOCC1. The third-order valence-electron chi connectivity index (χ3n) is 6.15. The van der Waals surface area contributed by atoms with Crippen LogP contribution in [0, 0.1) is 0 Å². The van der Waals surface area contributed by atoms with Crippen LogP contribution in [0.15, 0.2) is 27.4 Å². The van der Waals surface area contributed by atoms with E-state index in [4.69, 9.17) is 13.9 Å². The Morgan fingerprint density at radius 3 is 2.43 bits per heavy atom. The zero-order valence-corrected chi connectivity index (χ0v) is 17.0. The summed E-state index contributed by atoms with van der Waals surface area (Å²) in [5.41, 5.74) is 1.91. The zero-order chi connectivity index (χ0) is 20.5. The van der Waals surface area contributed by atoms with Crippen LogP contribution < -0.4 is 15.6 Å². The number of morpholine rings is 2. The lowest BCUT2D eigenvalue weighted by atomic mass is 9.98. The van der Waals surface area contributed by atoms with Gasteiger partial charge in [-0.05, 0) is 31.5 Å². The van der Waals surface area contributed by atoms with E-state index >= 15 is 0 Å². The van der Waals surface area contributed by atoms with Crippen molar-refractivity contribution in [3.05, 3.63) is 39.5 Å². The number of carbonyl (C=O) groups is 1. The predicted molar refractivity (Wildman–Crippen MR) is 112 cm³/mol. The van der Waals surface area contributed by atoms with Gasteiger partial charge < -0.3 is 29.0 Å². The number of fused-ring (bicyclic) bond motifs is 1. The predicted octanol–water partition coefficient (Wildman–Crippen LogP) is 1.53. The van der Waals surface area contributed by atoms with E-state index in [2.05, 4.69) is 5.32 Å². The molecule has 1 aromatic heterocycles. The summed E-state index contributed by atoms with van der Waals surface area (Å²) in [4.78, 5) is 30.0. The number of hydrogen-bond donors (Lipinski definition) is 1. The molecular formula is C22H27N3O5. The van der Waals surface area contributed by atoms with E-state index < -0.39 is 0 Å². The number of benzene rings is 1. The second-order valence-electron chi connectivity index (χ2n) is 8.04. The molecule has 3 fully saturated rings. The lowest BCUT2D eigenvalue weighted by molar-refractivity contribution is 0.0303. The van der Waals surface area contributed by atoms with Gasteiger partial charge >= 0.3 is 0 Å². The number of carbonyl (C=O) groups excluding carboxylic acids is 1. The molecule has 4 heterocycles. The Morgan fingerprint density at radius 2 is 1.73 bits per heavy atom. The molecule has 0 radical (unpaired) electrons. The maximum atomic E-state index is 13.1. The molecule has 30 heavy (non-hydrogen) atoms. The molecule has 3 aliphatic rings. The molecule has 1 aromatic carbocycles. The third kappa shape index (κ3) is 3.71. The summed E-state index contributed by atoms with van der Waals surface area (Å²) in [5, 5.41) is 3.96. The molecule has 1 atom stereocenters. The van der Waals surface area contributed by atoms with E-state index in [9.17, 15) is 9.59 Å². The Bertz CT molecular complexity index is 986. The zero-order valence-electron chi connectivity index (χ0n) is 17.0. The number of rotatable bonds is 3. The topological polar surface area (TPSA) is 84.2 Å². The summed E-state index contributed by atoms with van der Waals surface area (Å²) in [7, 11) is 0. The van der Waals surface area contributed by atoms with E-state index in [1.165, 1.54) is 0 Å². The van der Waals surface area contributed by atoms with Gasteiger partial charge in [-0.15, -0.1) is 0 Å². The van der Waals surface area contributed by atoms with Crippen LogP contribution in [0.1, 0.15) is 34.8 Å². The molecule has 0 aliphatic carbocycles. The maximum Gasteiger partial charge on any atom is 0.254 e. The molecule has 1 amide bonds. The van der Waals surface area contributed by atoms with E-state index in [0.29, 0.717) is 75.0 Å². The van der Waals surface area contributed by atoms with Crippen LogP contribution in [0.4, 0.5) is 5.88 Å². The van der Waals surface area contributed by atoms with Crippen LogP contribution >= 0.6 is 0 Å². The highest BCUT2D eigenvalue weighted by atomic mass is 16.5. The number of anilines is 1. The molecule has 2 aromatic rings. The molecule has 0 spiro atoms. The number of hydrogen-bond acceptors (Lipinski definition) is 7. The summed E-state index contributed by atoms with van der Waals surface area (Å²) < 4.78 is 17.1. The van der Waals surface area contributed by atoms with Crippen molar-refractivity contribution >= 4 is 22.8 Å². The second-order valence-corrected chi connectivity index (χ2v) is 8.04. The smallest absolute Gasteiger partial charge is 0.254 e. The van der Waals surface area contributed by atoms with Crippen molar-refractivity contribution in [2.45, 2.75) is 18.9 Å². The van der Waals surface area contributed by atoms with Crippen molar-refractivity contribution in [1.82, 2.24) is 10.2 Å². The lowest BCUT2D eigenvalue weighted by Crippen LogP contribution is -2.40. The van der Waals surface area contributed by atoms with Gasteiger partial charge in [0.2, 0.25) is 0 Å². The van der Waals surface area contributed by atoms with Crippen LogP contribution in [-0.4, -0.2) is 70.0 Å². The van der Waals surface area contributed by atoms with Crippen molar-refractivity contribution in [2.75, 3.05) is 64.1 Å². The highest BCUT2D eigenvalue weighted by Crippen LogP contribution is 2.32. The van der Waals surface area contributed by atoms with Crippen molar-refractivity contribution in [3.63, 3.8) is 0 Å². The van der Waals surface area contributed by atoms with Gasteiger partial charge in [-0.1, -0.05) is 0 Å². The van der Waals surface area contributed by atoms with Gasteiger partial charge in [-0.25, -0.2) is 0 Å². The molecule has 3 aliphatic heterocycles. The first-order valence-corrected chi connectivity index (χ1v) is 10.8. The van der Waals surface area contributed by atoms with Crippen molar-refractivity contribution in [1.29, 1.82) is 0 Å². The van der Waals surface area contributed by atoms with Gasteiger partial charge in [0, 0.05) is 49.4 Å². The Morgan fingerprint density at radius 1 is 1.00 bits per heavy atom. The minimum absolute atomic E-state index is 0.0592. The maximum absolute atomic E-state index is 13.1. The molecule has 8 nitrogen and oxygen atoms in total. The Labute approximate surface area is 174 Å². The second kappa shape index (κ2) is 8.37. The van der Waals surface area contributed by atoms with Gasteiger partial charge in [0.05, 0.1) is 31.8 Å². The van der Waals surface area contributed by atoms with Crippen LogP contribution in [-0.2, 0) is 9.47 Å². The number of nitrogens with one attached hydrogen (secondary N) is 1. The van der Waals surface area contributed by atoms with E-state index in [1.807, 2.05) is 11.0 Å². The molecule has 160 valence electrons. The van der Waals surface area contributed by atoms with E-state index in [0.717, 1.165) is 24.9 Å². The third-order valence-corrected chi connectivity index (χ3v) is 6.15. The summed E-state index contributed by atoms with van der Waals surface area (Å²) in [6.07, 6.45) is 2.01. The molecule has 0 unspecified atom stereocenters. The average molecular weight is 413 g/mol. The van der Waals surface area contributed by atoms with Gasteiger partial charge in [0.15, 0.2) is 11.3 Å². The van der Waals surface area contributed by atoms with E-state index in [1.54, 1.807) is 17.0 Å². The molecule has 0 bridgehead atoms. The first kappa shape index (κ1) is 19.5. The van der Waals surface area contributed by atoms with Gasteiger partial charge in [-0.3, -0.25) is 9.59 Å². The highest BCUT2D eigenvalue weighted by Gasteiger charge is 2.26. The standard InChI is InChI=1S/C22H27N3O5/c26-19-14-20(24-4-8-28-9-5-24)30-21-16(18-2-1-3-23-18)12-15(13-17(19)21)22(27)25-6-10-29-11-7-25/h12-14,18,23H,1-11H2/t18-/m0/s1.